The summed E-state index contributed by atoms with van der Waals surface area (Å²) in [6.07, 6.45) is 5.65. The van der Waals surface area contributed by atoms with Crippen LogP contribution in [0.2, 0.25) is 0 Å². The molecular weight excluding hydrogens is 670 g/mol. The van der Waals surface area contributed by atoms with Crippen molar-refractivity contribution < 1.29 is 23.0 Å². The number of ether oxygens (including phenoxy) is 3. The molecule has 2 aromatic heterocycles. The third kappa shape index (κ3) is 7.30. The van der Waals surface area contributed by atoms with E-state index in [1.165, 1.54) is 23.1 Å². The second-order valence-corrected chi connectivity index (χ2v) is 13.5. The van der Waals surface area contributed by atoms with E-state index < -0.39 is 17.2 Å². The summed E-state index contributed by atoms with van der Waals surface area (Å²) in [5.74, 6) is -0.545. The molecule has 0 bridgehead atoms. The van der Waals surface area contributed by atoms with Crippen LogP contribution in [0.15, 0.2) is 90.5 Å². The molecule has 0 aliphatic carbocycles. The molecule has 0 radical (unpaired) electrons. The maximum Gasteiger partial charge on any atom is 0.350 e. The van der Waals surface area contributed by atoms with E-state index in [0.717, 1.165) is 61.5 Å². The molecule has 52 heavy (non-hydrogen) atoms. The van der Waals surface area contributed by atoms with Crippen molar-refractivity contribution >= 4 is 11.4 Å². The van der Waals surface area contributed by atoms with Crippen LogP contribution in [0.25, 0.3) is 5.69 Å². The molecule has 4 atom stereocenters. The van der Waals surface area contributed by atoms with Crippen molar-refractivity contribution in [1.82, 2.24) is 29.1 Å². The molecule has 3 aromatic carbocycles. The topological polar surface area (TPSA) is 105 Å². The van der Waals surface area contributed by atoms with Gasteiger partial charge in [-0.2, -0.15) is 10.2 Å². The van der Waals surface area contributed by atoms with Gasteiger partial charge in [0.15, 0.2) is 0 Å². The van der Waals surface area contributed by atoms with Gasteiger partial charge < -0.3 is 24.0 Å². The number of methoxy groups -OCH3 is 1. The molecule has 0 saturated carbocycles. The Morgan fingerprint density at radius 1 is 0.923 bits per heavy atom. The summed E-state index contributed by atoms with van der Waals surface area (Å²) in [5, 5.41) is 8.57. The van der Waals surface area contributed by atoms with Crippen molar-refractivity contribution in [2.75, 3.05) is 56.3 Å². The van der Waals surface area contributed by atoms with Crippen molar-refractivity contribution in [2.45, 2.75) is 51.0 Å². The van der Waals surface area contributed by atoms with E-state index in [2.05, 4.69) is 49.2 Å². The number of halogens is 2. The van der Waals surface area contributed by atoms with Crippen molar-refractivity contribution in [3.05, 3.63) is 113 Å². The summed E-state index contributed by atoms with van der Waals surface area (Å²) in [6, 6.07) is 19.6. The summed E-state index contributed by atoms with van der Waals surface area (Å²) in [7, 11) is 1.64. The average molecular weight is 715 g/mol. The summed E-state index contributed by atoms with van der Waals surface area (Å²) in [6.45, 7) is 8.41. The van der Waals surface area contributed by atoms with Crippen LogP contribution in [-0.4, -0.2) is 81.7 Å². The third-order valence-electron chi connectivity index (χ3n) is 10.3. The lowest BCUT2D eigenvalue weighted by atomic mass is 9.87. The molecule has 2 fully saturated rings. The van der Waals surface area contributed by atoms with Crippen molar-refractivity contribution in [1.29, 1.82) is 0 Å². The van der Waals surface area contributed by atoms with E-state index >= 15 is 0 Å². The Balaban J connectivity index is 0.922. The predicted molar refractivity (Wildman–Crippen MR) is 192 cm³/mol. The maximum atomic E-state index is 15.0. The third-order valence-corrected chi connectivity index (χ3v) is 10.3. The van der Waals surface area contributed by atoms with Crippen molar-refractivity contribution in [2.24, 2.45) is 5.92 Å². The number of hydrogen-bond acceptors (Lipinski definition) is 9. The monoisotopic (exact) mass is 714 g/mol. The van der Waals surface area contributed by atoms with Gasteiger partial charge in [-0.25, -0.2) is 32.5 Å². The second kappa shape index (κ2) is 15.3. The van der Waals surface area contributed by atoms with E-state index in [-0.39, 0.29) is 30.3 Å². The van der Waals surface area contributed by atoms with Crippen LogP contribution in [0.1, 0.15) is 38.3 Å². The van der Waals surface area contributed by atoms with Crippen LogP contribution in [0, 0.1) is 17.6 Å². The van der Waals surface area contributed by atoms with Crippen LogP contribution in [0.4, 0.5) is 20.2 Å². The van der Waals surface area contributed by atoms with Gasteiger partial charge in [-0.1, -0.05) is 13.0 Å². The number of anilines is 2. The highest BCUT2D eigenvalue weighted by atomic mass is 19.1. The lowest BCUT2D eigenvalue weighted by Gasteiger charge is -2.37. The van der Waals surface area contributed by atoms with Crippen LogP contribution in [0.3, 0.4) is 0 Å². The van der Waals surface area contributed by atoms with Crippen LogP contribution in [-0.2, 0) is 21.6 Å². The number of hydrogen-bond donors (Lipinski definition) is 0. The Kier molecular flexibility index (Phi) is 10.4. The smallest absolute Gasteiger partial charge is 0.350 e. The van der Waals surface area contributed by atoms with Crippen molar-refractivity contribution in [3.63, 3.8) is 0 Å². The van der Waals surface area contributed by atoms with E-state index in [4.69, 9.17) is 14.2 Å². The molecule has 274 valence electrons. The van der Waals surface area contributed by atoms with Crippen molar-refractivity contribution in [3.8, 4) is 11.4 Å². The number of benzene rings is 3. The first-order valence-electron chi connectivity index (χ1n) is 17.7. The number of rotatable bonds is 13. The first kappa shape index (κ1) is 35.3. The molecule has 14 heteroatoms. The average Bonchev–Trinajstić information content (AvgIpc) is 3.93. The van der Waals surface area contributed by atoms with Gasteiger partial charge in [0, 0.05) is 62.2 Å². The van der Waals surface area contributed by atoms with Crippen LogP contribution >= 0.6 is 0 Å². The van der Waals surface area contributed by atoms with Crippen LogP contribution < -0.4 is 20.2 Å². The van der Waals surface area contributed by atoms with Gasteiger partial charge in [0.05, 0.1) is 37.6 Å². The first-order valence-corrected chi connectivity index (χ1v) is 17.7. The Morgan fingerprint density at radius 3 is 2.21 bits per heavy atom. The molecule has 2 aliphatic heterocycles. The first-order chi connectivity index (χ1) is 25.3. The van der Waals surface area contributed by atoms with Gasteiger partial charge in [-0.15, -0.1) is 0 Å². The Hall–Kier alpha value is -5.08. The lowest BCUT2D eigenvalue weighted by molar-refractivity contribution is -0.0206. The molecule has 0 amide bonds. The fourth-order valence-electron chi connectivity index (χ4n) is 7.38. The molecule has 0 N–H and O–H groups in total. The van der Waals surface area contributed by atoms with Gasteiger partial charge in [-0.05, 0) is 74.4 Å². The highest BCUT2D eigenvalue weighted by molar-refractivity contribution is 5.54. The zero-order chi connectivity index (χ0) is 36.2. The molecule has 7 rings (SSSR count). The van der Waals surface area contributed by atoms with Gasteiger partial charge in [-0.3, -0.25) is 0 Å². The Morgan fingerprint density at radius 2 is 1.60 bits per heavy atom. The van der Waals surface area contributed by atoms with E-state index in [1.54, 1.807) is 29.0 Å². The van der Waals surface area contributed by atoms with Crippen LogP contribution in [0.5, 0.6) is 5.75 Å². The minimum Gasteiger partial charge on any atom is -0.493 e. The minimum atomic E-state index is -1.02. The van der Waals surface area contributed by atoms with E-state index in [9.17, 15) is 13.6 Å². The highest BCUT2D eigenvalue weighted by Crippen LogP contribution is 2.42. The number of aromatic nitrogens is 6. The highest BCUT2D eigenvalue weighted by Gasteiger charge is 2.44. The molecule has 12 nitrogen and oxygen atoms in total. The number of piperazine rings is 1. The zero-order valence-corrected chi connectivity index (χ0v) is 29.6. The SMILES string of the molecule is CCC(C(C)OC)n1ncn(-c2ccc(N3CCN(c4ccc(OC[C@@H]5CO[C@@](Cn6cncn6)(c6ccc(F)cc6F)C5)cc4)CC3)cc2)c1=O. The maximum absolute atomic E-state index is 15.0. The Bertz CT molecular complexity index is 1980. The molecule has 2 unspecified atom stereocenters. The lowest BCUT2D eigenvalue weighted by Crippen LogP contribution is -2.46. The van der Waals surface area contributed by atoms with Gasteiger partial charge in [0.25, 0.3) is 0 Å². The molecule has 2 aliphatic rings. The minimum absolute atomic E-state index is 0.00779. The summed E-state index contributed by atoms with van der Waals surface area (Å²) < 4.78 is 51.3. The molecular formula is C38H44F2N8O4. The predicted octanol–water partition coefficient (Wildman–Crippen LogP) is 5.23. The van der Waals surface area contributed by atoms with E-state index in [0.29, 0.717) is 25.2 Å². The second-order valence-electron chi connectivity index (χ2n) is 13.5. The zero-order valence-electron chi connectivity index (χ0n) is 29.6. The molecule has 0 spiro atoms. The van der Waals surface area contributed by atoms with Gasteiger partial charge >= 0.3 is 5.69 Å². The summed E-state index contributed by atoms with van der Waals surface area (Å²) >= 11 is 0. The normalized spacial score (nSPS) is 20.3. The van der Waals surface area contributed by atoms with E-state index in [1.807, 2.05) is 38.1 Å². The molecule has 5 aromatic rings. The quantitative estimate of drug-likeness (QED) is 0.162. The summed E-state index contributed by atoms with van der Waals surface area (Å²) in [5.41, 5.74) is 2.10. The molecule has 2 saturated heterocycles. The molecule has 4 heterocycles. The largest absolute Gasteiger partial charge is 0.493 e. The fourth-order valence-corrected chi connectivity index (χ4v) is 7.38. The van der Waals surface area contributed by atoms with Gasteiger partial charge in [0.1, 0.15) is 42.0 Å². The fraction of sp³-hybridized carbons (Fsp3) is 0.421. The Labute approximate surface area is 301 Å². The number of nitrogens with zero attached hydrogens (tertiary/aromatic N) is 8. The van der Waals surface area contributed by atoms with Gasteiger partial charge in [0.2, 0.25) is 0 Å². The standard InChI is InChI=1S/C38H44F2N8O4/c1-4-36(27(2)50-3)48-37(49)47(26-43-48)32-8-6-30(7-9-32)44-15-17-45(18-16-44)31-10-12-33(13-11-31)51-21-28-20-38(52-22-28,23-46-25-41-24-42-46)34-14-5-29(39)19-35(34)40/h5-14,19,24-28,36H,4,15-18,20-23H2,1-3H3/t27?,28-,36?,38+/m1/s1. The summed E-state index contributed by atoms with van der Waals surface area (Å²) in [4.78, 5) is 21.9.